The number of rotatable bonds is 5. The standard InChI is InChI=1S/C13H15N5S/c1-10-7-19-12-11(10)16-8-17-13(12)15-3-2-5-18-6-4-14-9-18/h4,6-9H,2-3,5H2,1H3,(H,15,16,17). The first-order chi connectivity index (χ1) is 9.34. The number of nitrogens with one attached hydrogen (secondary N) is 1. The second kappa shape index (κ2) is 5.36. The average molecular weight is 273 g/mol. The third kappa shape index (κ3) is 2.58. The molecule has 0 saturated heterocycles. The van der Waals surface area contributed by atoms with Crippen molar-refractivity contribution >= 4 is 27.4 Å². The van der Waals surface area contributed by atoms with E-state index in [1.165, 1.54) is 5.56 Å². The molecule has 0 saturated carbocycles. The van der Waals surface area contributed by atoms with Gasteiger partial charge >= 0.3 is 0 Å². The van der Waals surface area contributed by atoms with Crippen LogP contribution in [0.15, 0.2) is 30.4 Å². The van der Waals surface area contributed by atoms with Crippen molar-refractivity contribution in [3.8, 4) is 0 Å². The molecule has 5 nitrogen and oxygen atoms in total. The van der Waals surface area contributed by atoms with Crippen molar-refractivity contribution in [1.82, 2.24) is 19.5 Å². The van der Waals surface area contributed by atoms with E-state index in [4.69, 9.17) is 0 Å². The van der Waals surface area contributed by atoms with Crippen molar-refractivity contribution in [2.75, 3.05) is 11.9 Å². The van der Waals surface area contributed by atoms with Crippen LogP contribution >= 0.6 is 11.3 Å². The van der Waals surface area contributed by atoms with Crippen molar-refractivity contribution in [3.05, 3.63) is 36.0 Å². The van der Waals surface area contributed by atoms with Gasteiger partial charge in [-0.1, -0.05) is 0 Å². The van der Waals surface area contributed by atoms with Gasteiger partial charge in [-0.05, 0) is 24.3 Å². The van der Waals surface area contributed by atoms with Gasteiger partial charge in [0.25, 0.3) is 0 Å². The van der Waals surface area contributed by atoms with Gasteiger partial charge in [0.15, 0.2) is 0 Å². The Bertz CT molecular complexity index is 659. The number of hydrogen-bond acceptors (Lipinski definition) is 5. The Balaban J connectivity index is 1.62. The average Bonchev–Trinajstić information content (AvgIpc) is 3.06. The van der Waals surface area contributed by atoms with Crippen LogP contribution in [0.1, 0.15) is 12.0 Å². The summed E-state index contributed by atoms with van der Waals surface area (Å²) in [6.45, 7) is 3.93. The second-order valence-electron chi connectivity index (χ2n) is 4.40. The number of imidazole rings is 1. The quantitative estimate of drug-likeness (QED) is 0.726. The first kappa shape index (κ1) is 12.1. The minimum Gasteiger partial charge on any atom is -0.369 e. The van der Waals surface area contributed by atoms with Crippen LogP contribution in [0.2, 0.25) is 0 Å². The predicted octanol–water partition coefficient (Wildman–Crippen LogP) is 2.70. The number of anilines is 1. The monoisotopic (exact) mass is 273 g/mol. The van der Waals surface area contributed by atoms with Gasteiger partial charge < -0.3 is 9.88 Å². The molecule has 98 valence electrons. The highest BCUT2D eigenvalue weighted by Gasteiger charge is 2.07. The van der Waals surface area contributed by atoms with E-state index in [1.54, 1.807) is 23.9 Å². The Kier molecular flexibility index (Phi) is 3.41. The van der Waals surface area contributed by atoms with Crippen molar-refractivity contribution in [2.24, 2.45) is 0 Å². The maximum Gasteiger partial charge on any atom is 0.147 e. The van der Waals surface area contributed by atoms with E-state index in [-0.39, 0.29) is 0 Å². The van der Waals surface area contributed by atoms with Crippen molar-refractivity contribution in [3.63, 3.8) is 0 Å². The third-order valence-corrected chi connectivity index (χ3v) is 4.07. The normalized spacial score (nSPS) is 11.0. The van der Waals surface area contributed by atoms with E-state index < -0.39 is 0 Å². The topological polar surface area (TPSA) is 55.6 Å². The molecule has 0 aromatic carbocycles. The van der Waals surface area contributed by atoms with E-state index in [2.05, 4.69) is 37.1 Å². The first-order valence-electron chi connectivity index (χ1n) is 6.23. The summed E-state index contributed by atoms with van der Waals surface area (Å²) in [7, 11) is 0. The molecule has 3 aromatic heterocycles. The number of thiophene rings is 1. The molecule has 0 amide bonds. The number of hydrogen-bond donors (Lipinski definition) is 1. The van der Waals surface area contributed by atoms with Crippen LogP contribution < -0.4 is 5.32 Å². The molecule has 0 aliphatic carbocycles. The predicted molar refractivity (Wildman–Crippen MR) is 77.5 cm³/mol. The maximum atomic E-state index is 4.32. The molecule has 19 heavy (non-hydrogen) atoms. The molecule has 0 spiro atoms. The van der Waals surface area contributed by atoms with Crippen LogP contribution in [0.3, 0.4) is 0 Å². The van der Waals surface area contributed by atoms with Gasteiger partial charge in [0.2, 0.25) is 0 Å². The highest BCUT2D eigenvalue weighted by Crippen LogP contribution is 2.28. The fraction of sp³-hybridized carbons (Fsp3) is 0.308. The number of nitrogens with zero attached hydrogens (tertiary/aromatic N) is 4. The Hall–Kier alpha value is -1.95. The fourth-order valence-electron chi connectivity index (χ4n) is 1.98. The van der Waals surface area contributed by atoms with E-state index in [0.717, 1.165) is 35.5 Å². The van der Waals surface area contributed by atoms with Crippen LogP contribution in [0.5, 0.6) is 0 Å². The maximum absolute atomic E-state index is 4.32. The smallest absolute Gasteiger partial charge is 0.147 e. The molecule has 0 aliphatic rings. The number of fused-ring (bicyclic) bond motifs is 1. The molecular weight excluding hydrogens is 258 g/mol. The van der Waals surface area contributed by atoms with Gasteiger partial charge in [-0.2, -0.15) is 0 Å². The number of aryl methyl sites for hydroxylation is 2. The van der Waals surface area contributed by atoms with E-state index in [9.17, 15) is 0 Å². The lowest BCUT2D eigenvalue weighted by molar-refractivity contribution is 0.660. The summed E-state index contributed by atoms with van der Waals surface area (Å²) in [5.74, 6) is 0.939. The molecule has 0 fully saturated rings. The van der Waals surface area contributed by atoms with Gasteiger partial charge in [0.1, 0.15) is 12.1 Å². The van der Waals surface area contributed by atoms with Crippen LogP contribution in [0.25, 0.3) is 10.2 Å². The Morgan fingerprint density at radius 3 is 3.16 bits per heavy atom. The Labute approximate surface area is 115 Å². The minimum absolute atomic E-state index is 0.890. The molecule has 1 N–H and O–H groups in total. The number of aromatic nitrogens is 4. The Morgan fingerprint density at radius 2 is 2.32 bits per heavy atom. The van der Waals surface area contributed by atoms with Gasteiger partial charge in [0.05, 0.1) is 16.5 Å². The molecule has 0 bridgehead atoms. The fourth-order valence-corrected chi connectivity index (χ4v) is 2.95. The highest BCUT2D eigenvalue weighted by atomic mass is 32.1. The largest absolute Gasteiger partial charge is 0.369 e. The molecule has 0 radical (unpaired) electrons. The SMILES string of the molecule is Cc1csc2c(NCCCn3ccnc3)ncnc12. The highest BCUT2D eigenvalue weighted by molar-refractivity contribution is 7.18. The summed E-state index contributed by atoms with van der Waals surface area (Å²) < 4.78 is 3.22. The lowest BCUT2D eigenvalue weighted by atomic mass is 10.3. The zero-order chi connectivity index (χ0) is 13.1. The van der Waals surface area contributed by atoms with Gasteiger partial charge in [-0.25, -0.2) is 15.0 Å². The molecule has 3 aromatic rings. The van der Waals surface area contributed by atoms with Crippen LogP contribution in [0, 0.1) is 6.92 Å². The molecule has 3 rings (SSSR count). The summed E-state index contributed by atoms with van der Waals surface area (Å²) in [6.07, 6.45) is 8.28. The molecule has 0 atom stereocenters. The van der Waals surface area contributed by atoms with Crippen LogP contribution in [-0.2, 0) is 6.54 Å². The van der Waals surface area contributed by atoms with E-state index >= 15 is 0 Å². The van der Waals surface area contributed by atoms with Gasteiger partial charge in [-0.3, -0.25) is 0 Å². The molecular formula is C13H15N5S. The summed E-state index contributed by atoms with van der Waals surface area (Å²) in [5.41, 5.74) is 2.26. The van der Waals surface area contributed by atoms with Crippen molar-refractivity contribution < 1.29 is 0 Å². The van der Waals surface area contributed by atoms with Gasteiger partial charge in [-0.15, -0.1) is 11.3 Å². The van der Waals surface area contributed by atoms with E-state index in [0.29, 0.717) is 0 Å². The minimum atomic E-state index is 0.890. The summed E-state index contributed by atoms with van der Waals surface area (Å²) in [6, 6.07) is 0. The summed E-state index contributed by atoms with van der Waals surface area (Å²) >= 11 is 1.69. The van der Waals surface area contributed by atoms with Crippen LogP contribution in [-0.4, -0.2) is 26.1 Å². The lowest BCUT2D eigenvalue weighted by Crippen LogP contribution is -2.07. The first-order valence-corrected chi connectivity index (χ1v) is 7.11. The van der Waals surface area contributed by atoms with E-state index in [1.807, 2.05) is 12.5 Å². The molecule has 0 aliphatic heterocycles. The second-order valence-corrected chi connectivity index (χ2v) is 5.28. The molecule has 3 heterocycles. The van der Waals surface area contributed by atoms with Crippen LogP contribution in [0.4, 0.5) is 5.82 Å². The van der Waals surface area contributed by atoms with Crippen molar-refractivity contribution in [1.29, 1.82) is 0 Å². The zero-order valence-electron chi connectivity index (χ0n) is 10.7. The Morgan fingerprint density at radius 1 is 1.37 bits per heavy atom. The van der Waals surface area contributed by atoms with Crippen molar-refractivity contribution in [2.45, 2.75) is 19.9 Å². The third-order valence-electron chi connectivity index (χ3n) is 2.98. The lowest BCUT2D eigenvalue weighted by Gasteiger charge is -2.06. The molecule has 6 heteroatoms. The molecule has 0 unspecified atom stereocenters. The zero-order valence-corrected chi connectivity index (χ0v) is 11.5. The van der Waals surface area contributed by atoms with Gasteiger partial charge in [0, 0.05) is 25.5 Å². The summed E-state index contributed by atoms with van der Waals surface area (Å²) in [4.78, 5) is 12.7. The summed E-state index contributed by atoms with van der Waals surface area (Å²) in [5, 5.41) is 5.51.